The second-order valence-electron chi connectivity index (χ2n) is 5.30. The summed E-state index contributed by atoms with van der Waals surface area (Å²) in [5.74, 6) is -1.93. The molecule has 0 radical (unpaired) electrons. The number of carbonyl (C=O) groups excluding carboxylic acids is 1. The number of halogens is 1. The van der Waals surface area contributed by atoms with E-state index in [0.717, 1.165) is 0 Å². The van der Waals surface area contributed by atoms with E-state index in [0.29, 0.717) is 11.3 Å². The van der Waals surface area contributed by atoms with Crippen molar-refractivity contribution in [3.05, 3.63) is 35.6 Å². The van der Waals surface area contributed by atoms with E-state index in [2.05, 4.69) is 5.16 Å². The van der Waals surface area contributed by atoms with Gasteiger partial charge in [0.25, 0.3) is 5.91 Å². The summed E-state index contributed by atoms with van der Waals surface area (Å²) < 4.78 is 13.2. The van der Waals surface area contributed by atoms with Crippen LogP contribution in [0.1, 0.15) is 25.8 Å². The zero-order valence-corrected chi connectivity index (χ0v) is 12.3. The van der Waals surface area contributed by atoms with Gasteiger partial charge < -0.3 is 14.8 Å². The zero-order valence-electron chi connectivity index (χ0n) is 12.3. The Balaban J connectivity index is 2.07. The third-order valence-electron chi connectivity index (χ3n) is 3.31. The molecule has 22 heavy (non-hydrogen) atoms. The van der Waals surface area contributed by atoms with Crippen LogP contribution in [-0.2, 0) is 14.4 Å². The molecule has 0 spiro atoms. The van der Waals surface area contributed by atoms with Gasteiger partial charge in [0.2, 0.25) is 6.10 Å². The Morgan fingerprint density at radius 2 is 2.23 bits per heavy atom. The molecule has 0 saturated carbocycles. The molecule has 0 aromatic heterocycles. The molecule has 1 aromatic carbocycles. The van der Waals surface area contributed by atoms with E-state index in [1.54, 1.807) is 26.0 Å². The number of carbonyl (C=O) groups is 2. The second kappa shape index (κ2) is 6.55. The first-order valence-corrected chi connectivity index (χ1v) is 6.89. The molecule has 0 bridgehead atoms. The van der Waals surface area contributed by atoms with E-state index < -0.39 is 30.3 Å². The lowest BCUT2D eigenvalue weighted by Crippen LogP contribution is -2.46. The predicted octanol–water partition coefficient (Wildman–Crippen LogP) is 1.64. The molecule has 1 aliphatic rings. The van der Waals surface area contributed by atoms with Crippen LogP contribution < -0.4 is 0 Å². The number of hydrogen-bond acceptors (Lipinski definition) is 4. The van der Waals surface area contributed by atoms with Crippen LogP contribution in [0, 0.1) is 5.82 Å². The molecule has 1 aromatic rings. The van der Waals surface area contributed by atoms with Crippen LogP contribution in [0.5, 0.6) is 0 Å². The summed E-state index contributed by atoms with van der Waals surface area (Å²) in [6.07, 6.45) is -0.689. The highest BCUT2D eigenvalue weighted by Gasteiger charge is 2.34. The van der Waals surface area contributed by atoms with Crippen LogP contribution in [0.3, 0.4) is 0 Å². The molecule has 1 heterocycles. The maximum absolute atomic E-state index is 13.2. The maximum atomic E-state index is 13.2. The highest BCUT2D eigenvalue weighted by molar-refractivity contribution is 6.04. The van der Waals surface area contributed by atoms with E-state index in [9.17, 15) is 14.0 Å². The maximum Gasteiger partial charge on any atom is 0.323 e. The first-order chi connectivity index (χ1) is 10.4. The number of aliphatic carboxylic acids is 1. The van der Waals surface area contributed by atoms with Crippen molar-refractivity contribution in [3.63, 3.8) is 0 Å². The van der Waals surface area contributed by atoms with E-state index in [-0.39, 0.29) is 12.5 Å². The quantitative estimate of drug-likeness (QED) is 0.897. The van der Waals surface area contributed by atoms with Crippen molar-refractivity contribution in [2.75, 3.05) is 6.54 Å². The van der Waals surface area contributed by atoms with Crippen LogP contribution in [-0.4, -0.2) is 46.3 Å². The highest BCUT2D eigenvalue weighted by atomic mass is 19.1. The SMILES string of the molecule is CC(C)N(CC(=O)O)C(=O)C1CC(c2cccc(F)c2)=NO1. The fourth-order valence-corrected chi connectivity index (χ4v) is 2.19. The third-order valence-corrected chi connectivity index (χ3v) is 3.31. The van der Waals surface area contributed by atoms with Crippen LogP contribution >= 0.6 is 0 Å². The van der Waals surface area contributed by atoms with E-state index >= 15 is 0 Å². The average molecular weight is 308 g/mol. The Hall–Kier alpha value is -2.44. The Morgan fingerprint density at radius 1 is 1.50 bits per heavy atom. The molecular formula is C15H17FN2O4. The minimum absolute atomic E-state index is 0.186. The van der Waals surface area contributed by atoms with Crippen molar-refractivity contribution in [2.24, 2.45) is 5.16 Å². The Labute approximate surface area is 127 Å². The fourth-order valence-electron chi connectivity index (χ4n) is 2.19. The molecule has 6 nitrogen and oxygen atoms in total. The number of carboxylic acid groups (broad SMARTS) is 1. The average Bonchev–Trinajstić information content (AvgIpc) is 2.93. The summed E-state index contributed by atoms with van der Waals surface area (Å²) in [4.78, 5) is 29.5. The van der Waals surface area contributed by atoms with Gasteiger partial charge in [-0.25, -0.2) is 4.39 Å². The van der Waals surface area contributed by atoms with Gasteiger partial charge in [0.05, 0.1) is 5.71 Å². The van der Waals surface area contributed by atoms with Gasteiger partial charge in [0, 0.05) is 18.0 Å². The van der Waals surface area contributed by atoms with Crippen LogP contribution in [0.25, 0.3) is 0 Å². The van der Waals surface area contributed by atoms with Crippen molar-refractivity contribution in [1.29, 1.82) is 0 Å². The highest BCUT2D eigenvalue weighted by Crippen LogP contribution is 2.20. The molecular weight excluding hydrogens is 291 g/mol. The van der Waals surface area contributed by atoms with Crippen LogP contribution in [0.4, 0.5) is 4.39 Å². The Bertz CT molecular complexity index is 615. The summed E-state index contributed by atoms with van der Waals surface area (Å²) in [5.41, 5.74) is 1.02. The number of rotatable bonds is 5. The van der Waals surface area contributed by atoms with Gasteiger partial charge in [0.1, 0.15) is 12.4 Å². The number of benzene rings is 1. The van der Waals surface area contributed by atoms with Gasteiger partial charge in [-0.1, -0.05) is 17.3 Å². The number of hydrogen-bond donors (Lipinski definition) is 1. The van der Waals surface area contributed by atoms with Crippen molar-refractivity contribution in [2.45, 2.75) is 32.4 Å². The summed E-state index contributed by atoms with van der Waals surface area (Å²) in [7, 11) is 0. The van der Waals surface area contributed by atoms with Crippen molar-refractivity contribution in [1.82, 2.24) is 4.90 Å². The third kappa shape index (κ3) is 3.60. The van der Waals surface area contributed by atoms with E-state index in [4.69, 9.17) is 9.94 Å². The summed E-state index contributed by atoms with van der Waals surface area (Å²) in [6, 6.07) is 5.58. The standard InChI is InChI=1S/C15H17FN2O4/c1-9(2)18(8-14(19)20)15(21)13-7-12(17-22-13)10-4-3-5-11(16)6-10/h3-6,9,13H,7-8H2,1-2H3,(H,19,20). The van der Waals surface area contributed by atoms with E-state index in [1.807, 2.05) is 0 Å². The molecule has 1 aliphatic heterocycles. The van der Waals surface area contributed by atoms with Crippen molar-refractivity contribution < 1.29 is 23.9 Å². The minimum atomic E-state index is -1.09. The van der Waals surface area contributed by atoms with Gasteiger partial charge in [-0.05, 0) is 26.0 Å². The van der Waals surface area contributed by atoms with Crippen LogP contribution in [0.15, 0.2) is 29.4 Å². The van der Waals surface area contributed by atoms with Crippen LogP contribution in [0.2, 0.25) is 0 Å². The largest absolute Gasteiger partial charge is 0.480 e. The van der Waals surface area contributed by atoms with Crippen molar-refractivity contribution >= 4 is 17.6 Å². The number of oxime groups is 1. The van der Waals surface area contributed by atoms with Gasteiger partial charge in [-0.3, -0.25) is 9.59 Å². The van der Waals surface area contributed by atoms with Gasteiger partial charge >= 0.3 is 5.97 Å². The van der Waals surface area contributed by atoms with Gasteiger partial charge in [-0.15, -0.1) is 0 Å². The lowest BCUT2D eigenvalue weighted by molar-refractivity contribution is -0.151. The molecule has 1 amide bonds. The minimum Gasteiger partial charge on any atom is -0.480 e. The first kappa shape index (κ1) is 15.9. The molecule has 0 fully saturated rings. The summed E-state index contributed by atoms with van der Waals surface area (Å²) >= 11 is 0. The Kier molecular flexibility index (Phi) is 4.75. The molecule has 0 aliphatic carbocycles. The predicted molar refractivity (Wildman–Crippen MR) is 76.9 cm³/mol. The molecule has 0 saturated heterocycles. The number of nitrogens with zero attached hydrogens (tertiary/aromatic N) is 2. The number of carboxylic acids is 1. The molecule has 1 unspecified atom stereocenters. The fraction of sp³-hybridized carbons (Fsp3) is 0.400. The monoisotopic (exact) mass is 308 g/mol. The van der Waals surface area contributed by atoms with E-state index in [1.165, 1.54) is 17.0 Å². The molecule has 118 valence electrons. The lowest BCUT2D eigenvalue weighted by Gasteiger charge is -2.26. The topological polar surface area (TPSA) is 79.2 Å². The van der Waals surface area contributed by atoms with Crippen molar-refractivity contribution in [3.8, 4) is 0 Å². The zero-order chi connectivity index (χ0) is 16.3. The van der Waals surface area contributed by atoms with Gasteiger partial charge in [-0.2, -0.15) is 0 Å². The lowest BCUT2D eigenvalue weighted by atomic mass is 10.0. The number of amides is 1. The summed E-state index contributed by atoms with van der Waals surface area (Å²) in [6.45, 7) is 3.06. The Morgan fingerprint density at radius 3 is 2.82 bits per heavy atom. The molecule has 2 rings (SSSR count). The first-order valence-electron chi connectivity index (χ1n) is 6.89. The molecule has 1 atom stereocenters. The second-order valence-corrected chi connectivity index (χ2v) is 5.30. The summed E-state index contributed by atoms with van der Waals surface area (Å²) in [5, 5.41) is 12.7. The molecule has 1 N–H and O–H groups in total. The molecule has 7 heteroatoms. The smallest absolute Gasteiger partial charge is 0.323 e. The normalized spacial score (nSPS) is 17.1. The van der Waals surface area contributed by atoms with Gasteiger partial charge in [0.15, 0.2) is 0 Å².